The van der Waals surface area contributed by atoms with Crippen LogP contribution < -0.4 is 4.90 Å². The Hall–Kier alpha value is -2.93. The van der Waals surface area contributed by atoms with Gasteiger partial charge in [0, 0.05) is 37.4 Å². The van der Waals surface area contributed by atoms with Gasteiger partial charge >= 0.3 is 6.09 Å². The van der Waals surface area contributed by atoms with E-state index in [0.717, 1.165) is 5.69 Å². The fourth-order valence-electron chi connectivity index (χ4n) is 5.13. The van der Waals surface area contributed by atoms with Crippen LogP contribution in [0.2, 0.25) is 0 Å². The summed E-state index contributed by atoms with van der Waals surface area (Å²) in [4.78, 5) is 29.7. The van der Waals surface area contributed by atoms with Crippen LogP contribution in [0.3, 0.4) is 0 Å². The highest BCUT2D eigenvalue weighted by molar-refractivity contribution is 5.91. The van der Waals surface area contributed by atoms with Crippen LogP contribution in [0.15, 0.2) is 54.6 Å². The Morgan fingerprint density at radius 1 is 0.935 bits per heavy atom. The second-order valence-electron chi connectivity index (χ2n) is 8.62. The first kappa shape index (κ1) is 20.0. The summed E-state index contributed by atoms with van der Waals surface area (Å²) in [6, 6.07) is 15.9. The number of hydrogen-bond donors (Lipinski definition) is 0. The molecule has 0 bridgehead atoms. The van der Waals surface area contributed by atoms with Gasteiger partial charge in [-0.3, -0.25) is 9.69 Å². The zero-order valence-electron chi connectivity index (χ0n) is 17.3. The molecule has 2 aromatic carbocycles. The lowest BCUT2D eigenvalue weighted by molar-refractivity contribution is -0.141. The van der Waals surface area contributed by atoms with Crippen molar-refractivity contribution in [2.45, 2.75) is 30.3 Å². The topological polar surface area (TPSA) is 59.1 Å². The highest BCUT2D eigenvalue weighted by atomic mass is 19.1. The van der Waals surface area contributed by atoms with Crippen molar-refractivity contribution in [3.63, 3.8) is 0 Å². The summed E-state index contributed by atoms with van der Waals surface area (Å²) in [6.07, 6.45) is 1.05. The third-order valence-corrected chi connectivity index (χ3v) is 6.79. The quantitative estimate of drug-likeness (QED) is 0.757. The fourth-order valence-corrected chi connectivity index (χ4v) is 5.13. The molecule has 3 saturated heterocycles. The number of anilines is 1. The molecule has 31 heavy (non-hydrogen) atoms. The van der Waals surface area contributed by atoms with Gasteiger partial charge in [-0.2, -0.15) is 0 Å². The first-order valence-electron chi connectivity index (χ1n) is 10.7. The molecule has 1 spiro atoms. The molecule has 2 aromatic rings. The van der Waals surface area contributed by atoms with Crippen LogP contribution >= 0.6 is 0 Å². The van der Waals surface area contributed by atoms with Crippen molar-refractivity contribution >= 4 is 17.7 Å². The van der Waals surface area contributed by atoms with Crippen molar-refractivity contribution in [1.29, 1.82) is 0 Å². The maximum absolute atomic E-state index is 14.8. The normalized spacial score (nSPS) is 25.1. The standard InChI is InChI=1S/C24H25FN2O4/c25-20-9-5-4-8-19(20)24(11-14-30-15-12-24)21(28)26-13-10-23(16-26)17-27(22(29)31-23)18-6-2-1-3-7-18/h1-9H,10-17H2/t23-/m1/s1. The van der Waals surface area contributed by atoms with Crippen LogP contribution in [0.25, 0.3) is 0 Å². The van der Waals surface area contributed by atoms with Crippen molar-refractivity contribution in [2.24, 2.45) is 0 Å². The first-order chi connectivity index (χ1) is 15.0. The number of nitrogens with zero attached hydrogens (tertiary/aromatic N) is 2. The van der Waals surface area contributed by atoms with E-state index in [9.17, 15) is 14.0 Å². The van der Waals surface area contributed by atoms with Crippen molar-refractivity contribution < 1.29 is 23.5 Å². The lowest BCUT2D eigenvalue weighted by Crippen LogP contribution is -2.51. The van der Waals surface area contributed by atoms with Gasteiger partial charge < -0.3 is 14.4 Å². The van der Waals surface area contributed by atoms with Gasteiger partial charge in [0.05, 0.1) is 18.5 Å². The Morgan fingerprint density at radius 2 is 1.65 bits per heavy atom. The molecule has 1 atom stereocenters. The molecule has 3 aliphatic rings. The van der Waals surface area contributed by atoms with E-state index in [4.69, 9.17) is 9.47 Å². The zero-order valence-corrected chi connectivity index (χ0v) is 17.3. The number of rotatable bonds is 3. The Labute approximate surface area is 180 Å². The Kier molecular flexibility index (Phi) is 4.93. The average molecular weight is 424 g/mol. The minimum atomic E-state index is -0.948. The predicted octanol–water partition coefficient (Wildman–Crippen LogP) is 3.50. The summed E-state index contributed by atoms with van der Waals surface area (Å²) in [7, 11) is 0. The molecule has 5 rings (SSSR count). The molecule has 0 saturated carbocycles. The number of amides is 2. The molecule has 6 nitrogen and oxygen atoms in total. The zero-order chi connectivity index (χ0) is 21.5. The predicted molar refractivity (Wildman–Crippen MR) is 112 cm³/mol. The fraction of sp³-hybridized carbons (Fsp3) is 0.417. The minimum absolute atomic E-state index is 0.105. The largest absolute Gasteiger partial charge is 0.439 e. The molecule has 0 aromatic heterocycles. The molecular formula is C24H25FN2O4. The van der Waals surface area contributed by atoms with E-state index in [-0.39, 0.29) is 11.7 Å². The monoisotopic (exact) mass is 424 g/mol. The molecule has 0 aliphatic carbocycles. The van der Waals surface area contributed by atoms with E-state index >= 15 is 0 Å². The van der Waals surface area contributed by atoms with Gasteiger partial charge in [-0.25, -0.2) is 9.18 Å². The van der Waals surface area contributed by atoms with Crippen LogP contribution in [0.5, 0.6) is 0 Å². The summed E-state index contributed by atoms with van der Waals surface area (Å²) in [5, 5.41) is 0. The number of likely N-dealkylation sites (tertiary alicyclic amines) is 1. The number of ether oxygens (including phenoxy) is 2. The van der Waals surface area contributed by atoms with Gasteiger partial charge in [-0.05, 0) is 31.0 Å². The maximum atomic E-state index is 14.8. The van der Waals surface area contributed by atoms with E-state index < -0.39 is 17.1 Å². The Bertz CT molecular complexity index is 992. The van der Waals surface area contributed by atoms with Crippen LogP contribution in [-0.2, 0) is 19.7 Å². The van der Waals surface area contributed by atoms with Gasteiger partial charge in [0.15, 0.2) is 5.60 Å². The molecule has 3 aliphatic heterocycles. The van der Waals surface area contributed by atoms with Gasteiger partial charge in [-0.15, -0.1) is 0 Å². The van der Waals surface area contributed by atoms with Gasteiger partial charge in [0.25, 0.3) is 0 Å². The minimum Gasteiger partial charge on any atom is -0.439 e. The van der Waals surface area contributed by atoms with Crippen molar-refractivity contribution in [3.05, 3.63) is 66.0 Å². The molecule has 0 radical (unpaired) electrons. The molecule has 3 heterocycles. The third kappa shape index (κ3) is 3.37. The first-order valence-corrected chi connectivity index (χ1v) is 10.7. The third-order valence-electron chi connectivity index (χ3n) is 6.79. The summed E-state index contributed by atoms with van der Waals surface area (Å²) < 4.78 is 26.1. The van der Waals surface area contributed by atoms with Crippen LogP contribution in [0.1, 0.15) is 24.8 Å². The highest BCUT2D eigenvalue weighted by Gasteiger charge is 2.54. The Balaban J connectivity index is 1.39. The molecule has 3 fully saturated rings. The number of carbonyl (C=O) groups excluding carboxylic acids is 2. The SMILES string of the molecule is O=C1O[C@@]2(CCN(C(=O)C3(c4ccccc4F)CCOCC3)C2)CN1c1ccccc1. The number of para-hydroxylation sites is 1. The summed E-state index contributed by atoms with van der Waals surface area (Å²) in [5.41, 5.74) is -0.471. The lowest BCUT2D eigenvalue weighted by Gasteiger charge is -2.39. The van der Waals surface area contributed by atoms with Crippen molar-refractivity contribution in [3.8, 4) is 0 Å². The number of halogens is 1. The second-order valence-corrected chi connectivity index (χ2v) is 8.62. The smallest absolute Gasteiger partial charge is 0.415 e. The summed E-state index contributed by atoms with van der Waals surface area (Å²) in [5.74, 6) is -0.471. The van der Waals surface area contributed by atoms with Gasteiger partial charge in [-0.1, -0.05) is 36.4 Å². The molecule has 7 heteroatoms. The van der Waals surface area contributed by atoms with E-state index in [1.807, 2.05) is 30.3 Å². The second kappa shape index (κ2) is 7.64. The van der Waals surface area contributed by atoms with Crippen LogP contribution in [0.4, 0.5) is 14.9 Å². The highest BCUT2D eigenvalue weighted by Crippen LogP contribution is 2.41. The number of benzene rings is 2. The Morgan fingerprint density at radius 3 is 2.39 bits per heavy atom. The van der Waals surface area contributed by atoms with Crippen molar-refractivity contribution in [2.75, 3.05) is 37.7 Å². The van der Waals surface area contributed by atoms with Gasteiger partial charge in [0.1, 0.15) is 5.82 Å². The van der Waals surface area contributed by atoms with Crippen LogP contribution in [0, 0.1) is 5.82 Å². The van der Waals surface area contributed by atoms with E-state index in [1.165, 1.54) is 6.07 Å². The molecule has 2 amide bonds. The molecule has 0 N–H and O–H groups in total. The van der Waals surface area contributed by atoms with Crippen LogP contribution in [-0.4, -0.2) is 55.3 Å². The van der Waals surface area contributed by atoms with E-state index in [1.54, 1.807) is 28.0 Å². The average Bonchev–Trinajstić information content (AvgIpc) is 3.37. The molecular weight excluding hydrogens is 399 g/mol. The molecule has 0 unspecified atom stereocenters. The summed E-state index contributed by atoms with van der Waals surface area (Å²) in [6.45, 7) is 2.02. The molecule has 162 valence electrons. The van der Waals surface area contributed by atoms with Crippen molar-refractivity contribution in [1.82, 2.24) is 4.90 Å². The van der Waals surface area contributed by atoms with E-state index in [0.29, 0.717) is 57.7 Å². The maximum Gasteiger partial charge on any atom is 0.415 e. The number of hydrogen-bond acceptors (Lipinski definition) is 4. The summed E-state index contributed by atoms with van der Waals surface area (Å²) >= 11 is 0. The van der Waals surface area contributed by atoms with Gasteiger partial charge in [0.2, 0.25) is 5.91 Å². The number of carbonyl (C=O) groups is 2. The van der Waals surface area contributed by atoms with E-state index in [2.05, 4.69) is 0 Å². The lowest BCUT2D eigenvalue weighted by atomic mass is 9.72.